The molecule has 2 rings (SSSR count). The summed E-state index contributed by atoms with van der Waals surface area (Å²) in [6.45, 7) is 1.88. The summed E-state index contributed by atoms with van der Waals surface area (Å²) in [5.74, 6) is 0.902. The predicted molar refractivity (Wildman–Crippen MR) is 92.7 cm³/mol. The lowest BCUT2D eigenvalue weighted by atomic mass is 10.0. The van der Waals surface area contributed by atoms with E-state index in [9.17, 15) is 9.59 Å². The minimum atomic E-state index is 0.0549. The number of nitrogens with zero attached hydrogens (tertiary/aromatic N) is 1. The summed E-state index contributed by atoms with van der Waals surface area (Å²) in [6.07, 6.45) is 3.13. The number of piperidine rings is 1. The van der Waals surface area contributed by atoms with Crippen LogP contribution in [0.1, 0.15) is 31.2 Å². The van der Waals surface area contributed by atoms with E-state index in [1.165, 1.54) is 0 Å². The lowest BCUT2D eigenvalue weighted by Crippen LogP contribution is -2.47. The normalized spacial score (nSPS) is 15.2. The molecular formula is C18H27N3O3. The summed E-state index contributed by atoms with van der Waals surface area (Å²) >= 11 is 0. The SMILES string of the molecule is COc1ccccc1CC(=O)N1CCC(NC(=O)CCCN)CC1. The van der Waals surface area contributed by atoms with Gasteiger partial charge in [-0.05, 0) is 31.9 Å². The van der Waals surface area contributed by atoms with Crippen LogP contribution in [0.3, 0.4) is 0 Å². The zero-order valence-electron chi connectivity index (χ0n) is 14.3. The zero-order valence-corrected chi connectivity index (χ0v) is 14.3. The van der Waals surface area contributed by atoms with Crippen molar-refractivity contribution < 1.29 is 14.3 Å². The Hall–Kier alpha value is -2.08. The van der Waals surface area contributed by atoms with Crippen LogP contribution < -0.4 is 15.8 Å². The first kappa shape index (κ1) is 18.3. The number of carbonyl (C=O) groups is 2. The molecular weight excluding hydrogens is 306 g/mol. The molecule has 24 heavy (non-hydrogen) atoms. The molecule has 1 heterocycles. The number of hydrogen-bond acceptors (Lipinski definition) is 4. The minimum Gasteiger partial charge on any atom is -0.496 e. The van der Waals surface area contributed by atoms with Crippen molar-refractivity contribution >= 4 is 11.8 Å². The van der Waals surface area contributed by atoms with Crippen LogP contribution in [-0.2, 0) is 16.0 Å². The second kappa shape index (κ2) is 9.27. The molecule has 1 aromatic rings. The number of para-hydroxylation sites is 1. The fourth-order valence-corrected chi connectivity index (χ4v) is 2.96. The van der Waals surface area contributed by atoms with E-state index < -0.39 is 0 Å². The number of carbonyl (C=O) groups excluding carboxylic acids is 2. The summed E-state index contributed by atoms with van der Waals surface area (Å²) in [4.78, 5) is 26.1. The van der Waals surface area contributed by atoms with E-state index >= 15 is 0 Å². The number of rotatable bonds is 7. The van der Waals surface area contributed by atoms with Crippen LogP contribution in [-0.4, -0.2) is 49.5 Å². The third-order valence-corrected chi connectivity index (χ3v) is 4.35. The van der Waals surface area contributed by atoms with Gasteiger partial charge in [-0.3, -0.25) is 9.59 Å². The van der Waals surface area contributed by atoms with E-state index in [1.54, 1.807) is 7.11 Å². The van der Waals surface area contributed by atoms with E-state index in [0.29, 0.717) is 38.9 Å². The molecule has 1 aliphatic rings. The van der Waals surface area contributed by atoms with Crippen molar-refractivity contribution in [2.45, 2.75) is 38.1 Å². The van der Waals surface area contributed by atoms with Gasteiger partial charge in [0.25, 0.3) is 0 Å². The highest BCUT2D eigenvalue weighted by atomic mass is 16.5. The third kappa shape index (κ3) is 5.23. The van der Waals surface area contributed by atoms with Gasteiger partial charge in [0, 0.05) is 31.1 Å². The Bertz CT molecular complexity index is 554. The predicted octanol–water partition coefficient (Wildman–Crippen LogP) is 1.08. The van der Waals surface area contributed by atoms with Gasteiger partial charge in [-0.2, -0.15) is 0 Å². The monoisotopic (exact) mass is 333 g/mol. The Balaban J connectivity index is 1.79. The Morgan fingerprint density at radius 2 is 2.00 bits per heavy atom. The van der Waals surface area contributed by atoms with Gasteiger partial charge in [-0.15, -0.1) is 0 Å². The van der Waals surface area contributed by atoms with Gasteiger partial charge in [0.05, 0.1) is 13.5 Å². The van der Waals surface area contributed by atoms with Crippen LogP contribution in [0.4, 0.5) is 0 Å². The highest BCUT2D eigenvalue weighted by molar-refractivity contribution is 5.80. The molecule has 0 atom stereocenters. The first-order chi connectivity index (χ1) is 11.6. The second-order valence-electron chi connectivity index (χ2n) is 6.10. The quantitative estimate of drug-likeness (QED) is 0.782. The molecule has 3 N–H and O–H groups in total. The van der Waals surface area contributed by atoms with Crippen LogP contribution >= 0.6 is 0 Å². The van der Waals surface area contributed by atoms with Crippen molar-refractivity contribution in [3.05, 3.63) is 29.8 Å². The van der Waals surface area contributed by atoms with Crippen molar-refractivity contribution in [2.75, 3.05) is 26.7 Å². The molecule has 0 radical (unpaired) electrons. The molecule has 0 unspecified atom stereocenters. The fraction of sp³-hybridized carbons (Fsp3) is 0.556. The topological polar surface area (TPSA) is 84.7 Å². The average molecular weight is 333 g/mol. The van der Waals surface area contributed by atoms with Crippen molar-refractivity contribution in [1.82, 2.24) is 10.2 Å². The maximum atomic E-state index is 12.5. The zero-order chi connectivity index (χ0) is 17.4. The minimum absolute atomic E-state index is 0.0549. The third-order valence-electron chi connectivity index (χ3n) is 4.35. The molecule has 0 bridgehead atoms. The van der Waals surface area contributed by atoms with Crippen molar-refractivity contribution in [2.24, 2.45) is 5.73 Å². The van der Waals surface area contributed by atoms with E-state index in [4.69, 9.17) is 10.5 Å². The van der Waals surface area contributed by atoms with Crippen molar-refractivity contribution in [3.63, 3.8) is 0 Å². The largest absolute Gasteiger partial charge is 0.496 e. The standard InChI is InChI=1S/C18H27N3O3/c1-24-16-6-3-2-5-14(16)13-18(23)21-11-8-15(9-12-21)20-17(22)7-4-10-19/h2-3,5-6,15H,4,7-13,19H2,1H3,(H,20,22). The van der Waals surface area contributed by atoms with Crippen molar-refractivity contribution in [1.29, 1.82) is 0 Å². The number of methoxy groups -OCH3 is 1. The van der Waals surface area contributed by atoms with Gasteiger partial charge in [0.1, 0.15) is 5.75 Å². The van der Waals surface area contributed by atoms with Crippen LogP contribution in [0.25, 0.3) is 0 Å². The molecule has 6 heteroatoms. The van der Waals surface area contributed by atoms with Gasteiger partial charge >= 0.3 is 0 Å². The Morgan fingerprint density at radius 3 is 2.67 bits per heavy atom. The van der Waals surface area contributed by atoms with Gasteiger partial charge in [-0.1, -0.05) is 18.2 Å². The van der Waals surface area contributed by atoms with Crippen LogP contribution in [0.2, 0.25) is 0 Å². The highest BCUT2D eigenvalue weighted by Crippen LogP contribution is 2.20. The first-order valence-electron chi connectivity index (χ1n) is 8.53. The number of nitrogens with two attached hydrogens (primary N) is 1. The lowest BCUT2D eigenvalue weighted by molar-refractivity contribution is -0.131. The van der Waals surface area contributed by atoms with E-state index in [-0.39, 0.29) is 17.9 Å². The van der Waals surface area contributed by atoms with Gasteiger partial charge < -0.3 is 20.7 Å². The highest BCUT2D eigenvalue weighted by Gasteiger charge is 2.24. The van der Waals surface area contributed by atoms with E-state index in [2.05, 4.69) is 5.32 Å². The average Bonchev–Trinajstić information content (AvgIpc) is 2.61. The fourth-order valence-electron chi connectivity index (χ4n) is 2.96. The summed E-state index contributed by atoms with van der Waals surface area (Å²) < 4.78 is 5.30. The maximum absolute atomic E-state index is 12.5. The molecule has 0 spiro atoms. The molecule has 0 aromatic heterocycles. The van der Waals surface area contributed by atoms with Gasteiger partial charge in [0.2, 0.25) is 11.8 Å². The summed E-state index contributed by atoms with van der Waals surface area (Å²) in [5, 5.41) is 3.03. The summed E-state index contributed by atoms with van der Waals surface area (Å²) in [6, 6.07) is 7.75. The van der Waals surface area contributed by atoms with Crippen molar-refractivity contribution in [3.8, 4) is 5.75 Å². The Labute approximate surface area is 143 Å². The maximum Gasteiger partial charge on any atom is 0.227 e. The molecule has 6 nitrogen and oxygen atoms in total. The van der Waals surface area contributed by atoms with Crippen LogP contribution in [0.5, 0.6) is 5.75 Å². The summed E-state index contributed by atoms with van der Waals surface area (Å²) in [5.41, 5.74) is 6.32. The molecule has 1 saturated heterocycles. The molecule has 1 aromatic carbocycles. The number of likely N-dealkylation sites (tertiary alicyclic amines) is 1. The van der Waals surface area contributed by atoms with Gasteiger partial charge in [-0.25, -0.2) is 0 Å². The first-order valence-corrected chi connectivity index (χ1v) is 8.53. The Morgan fingerprint density at radius 1 is 1.29 bits per heavy atom. The van der Waals surface area contributed by atoms with Crippen LogP contribution in [0.15, 0.2) is 24.3 Å². The lowest BCUT2D eigenvalue weighted by Gasteiger charge is -2.32. The van der Waals surface area contributed by atoms with Crippen LogP contribution in [0, 0.1) is 0 Å². The number of benzene rings is 1. The number of hydrogen-bond donors (Lipinski definition) is 2. The van der Waals surface area contributed by atoms with E-state index in [1.807, 2.05) is 29.2 Å². The molecule has 2 amide bonds. The van der Waals surface area contributed by atoms with Gasteiger partial charge in [0.15, 0.2) is 0 Å². The number of nitrogens with one attached hydrogen (secondary N) is 1. The molecule has 132 valence electrons. The number of ether oxygens (including phenoxy) is 1. The smallest absolute Gasteiger partial charge is 0.227 e. The molecule has 1 aliphatic heterocycles. The van der Waals surface area contributed by atoms with E-state index in [0.717, 1.165) is 24.2 Å². The Kier molecular flexibility index (Phi) is 7.06. The molecule has 0 saturated carbocycles. The second-order valence-corrected chi connectivity index (χ2v) is 6.10. The summed E-state index contributed by atoms with van der Waals surface area (Å²) in [7, 11) is 1.61. The molecule has 0 aliphatic carbocycles. The molecule has 1 fully saturated rings. The number of amides is 2.